The summed E-state index contributed by atoms with van der Waals surface area (Å²) in [6, 6.07) is 10.1. The molecule has 0 unspecified atom stereocenters. The molecule has 0 spiro atoms. The van der Waals surface area contributed by atoms with Crippen molar-refractivity contribution in [2.75, 3.05) is 11.4 Å². The first-order chi connectivity index (χ1) is 8.93. The number of benzene rings is 1. The molecule has 100 valence electrons. The van der Waals surface area contributed by atoms with E-state index in [0.717, 1.165) is 0 Å². The minimum absolute atomic E-state index is 0.240. The van der Waals surface area contributed by atoms with Crippen molar-refractivity contribution in [3.63, 3.8) is 0 Å². The molecule has 19 heavy (non-hydrogen) atoms. The van der Waals surface area contributed by atoms with Gasteiger partial charge in [0.25, 0.3) is 10.0 Å². The predicted molar refractivity (Wildman–Crippen MR) is 82.2 cm³/mol. The lowest BCUT2D eigenvalue weighted by molar-refractivity contribution is 0.596. The summed E-state index contributed by atoms with van der Waals surface area (Å²) in [6.07, 6.45) is 0. The van der Waals surface area contributed by atoms with Crippen LogP contribution in [0.2, 0.25) is 0 Å². The van der Waals surface area contributed by atoms with Crippen LogP contribution >= 0.6 is 23.6 Å². The standard InChI is InChI=1S/C12H12N2O2S3/c1-14(19(15,16)11-6-3-7-18-11)10-5-2-4-9(8-10)12(13)17/h2-8H,1H3,(H2,13,17). The van der Waals surface area contributed by atoms with Crippen molar-refractivity contribution in [1.29, 1.82) is 0 Å². The summed E-state index contributed by atoms with van der Waals surface area (Å²) in [5.41, 5.74) is 6.72. The Kier molecular flexibility index (Phi) is 3.88. The van der Waals surface area contributed by atoms with E-state index in [1.54, 1.807) is 41.8 Å². The van der Waals surface area contributed by atoms with E-state index in [9.17, 15) is 8.42 Å². The number of nitrogens with zero attached hydrogens (tertiary/aromatic N) is 1. The minimum atomic E-state index is -3.52. The molecule has 0 bridgehead atoms. The quantitative estimate of drug-likeness (QED) is 0.879. The largest absolute Gasteiger partial charge is 0.389 e. The van der Waals surface area contributed by atoms with Crippen molar-refractivity contribution in [2.24, 2.45) is 5.73 Å². The molecule has 0 aliphatic rings. The molecule has 0 atom stereocenters. The molecule has 0 amide bonds. The van der Waals surface area contributed by atoms with Crippen LogP contribution in [-0.2, 0) is 10.0 Å². The van der Waals surface area contributed by atoms with Crippen molar-refractivity contribution in [2.45, 2.75) is 4.21 Å². The Morgan fingerprint density at radius 2 is 2.05 bits per heavy atom. The summed E-state index contributed by atoms with van der Waals surface area (Å²) in [5, 5.41) is 1.73. The third-order valence-electron chi connectivity index (χ3n) is 2.60. The maximum absolute atomic E-state index is 12.3. The van der Waals surface area contributed by atoms with E-state index in [2.05, 4.69) is 0 Å². The summed E-state index contributed by atoms with van der Waals surface area (Å²) >= 11 is 6.08. The van der Waals surface area contributed by atoms with E-state index in [0.29, 0.717) is 15.5 Å². The summed E-state index contributed by atoms with van der Waals surface area (Å²) in [5.74, 6) is 0. The van der Waals surface area contributed by atoms with Crippen LogP contribution in [0.25, 0.3) is 0 Å². The zero-order valence-electron chi connectivity index (χ0n) is 10.1. The van der Waals surface area contributed by atoms with Crippen LogP contribution in [-0.4, -0.2) is 20.5 Å². The van der Waals surface area contributed by atoms with E-state index in [1.807, 2.05) is 0 Å². The van der Waals surface area contributed by atoms with Gasteiger partial charge < -0.3 is 5.73 Å². The number of anilines is 1. The third-order valence-corrected chi connectivity index (χ3v) is 6.00. The molecule has 1 aromatic carbocycles. The normalized spacial score (nSPS) is 11.2. The van der Waals surface area contributed by atoms with Crippen molar-refractivity contribution in [1.82, 2.24) is 0 Å². The smallest absolute Gasteiger partial charge is 0.273 e. The van der Waals surface area contributed by atoms with Gasteiger partial charge in [-0.15, -0.1) is 11.3 Å². The van der Waals surface area contributed by atoms with Gasteiger partial charge in [0, 0.05) is 12.6 Å². The van der Waals surface area contributed by atoms with Crippen LogP contribution in [0.3, 0.4) is 0 Å². The molecule has 0 saturated carbocycles. The summed E-state index contributed by atoms with van der Waals surface area (Å²) in [4.78, 5) is 0.240. The Hall–Kier alpha value is -1.44. The highest BCUT2D eigenvalue weighted by molar-refractivity contribution is 7.94. The maximum atomic E-state index is 12.3. The van der Waals surface area contributed by atoms with Crippen LogP contribution in [0.1, 0.15) is 5.56 Å². The highest BCUT2D eigenvalue weighted by atomic mass is 32.2. The average Bonchev–Trinajstić information content (AvgIpc) is 2.92. The van der Waals surface area contributed by atoms with Gasteiger partial charge in [0.15, 0.2) is 0 Å². The van der Waals surface area contributed by atoms with Crippen molar-refractivity contribution >= 4 is 44.3 Å². The van der Waals surface area contributed by atoms with Crippen molar-refractivity contribution in [3.8, 4) is 0 Å². The van der Waals surface area contributed by atoms with Crippen LogP contribution in [0, 0.1) is 0 Å². The second-order valence-electron chi connectivity index (χ2n) is 3.82. The highest BCUT2D eigenvalue weighted by Crippen LogP contribution is 2.25. The van der Waals surface area contributed by atoms with E-state index >= 15 is 0 Å². The number of rotatable bonds is 4. The Balaban J connectivity index is 2.42. The van der Waals surface area contributed by atoms with Gasteiger partial charge in [-0.25, -0.2) is 8.42 Å². The molecule has 7 heteroatoms. The maximum Gasteiger partial charge on any atom is 0.273 e. The van der Waals surface area contributed by atoms with Gasteiger partial charge in [0.1, 0.15) is 9.20 Å². The van der Waals surface area contributed by atoms with Gasteiger partial charge in [-0.2, -0.15) is 0 Å². The Labute approximate surface area is 121 Å². The minimum Gasteiger partial charge on any atom is -0.389 e. The molecule has 0 fully saturated rings. The topological polar surface area (TPSA) is 63.4 Å². The summed E-state index contributed by atoms with van der Waals surface area (Å²) < 4.78 is 26.2. The van der Waals surface area contributed by atoms with Crippen LogP contribution in [0.15, 0.2) is 46.0 Å². The molecule has 2 aromatic rings. The van der Waals surface area contributed by atoms with Crippen LogP contribution in [0.5, 0.6) is 0 Å². The SMILES string of the molecule is CN(c1cccc(C(N)=S)c1)S(=O)(=O)c1cccs1. The molecule has 0 aliphatic heterocycles. The fourth-order valence-corrected chi connectivity index (χ4v) is 4.01. The van der Waals surface area contributed by atoms with Crippen LogP contribution in [0.4, 0.5) is 5.69 Å². The van der Waals surface area contributed by atoms with Crippen molar-refractivity contribution in [3.05, 3.63) is 47.3 Å². The number of thiophene rings is 1. The molecule has 2 rings (SSSR count). The van der Waals surface area contributed by atoms with Gasteiger partial charge in [-0.1, -0.05) is 30.4 Å². The predicted octanol–water partition coefficient (Wildman–Crippen LogP) is 2.21. The second-order valence-corrected chi connectivity index (χ2v) is 7.40. The van der Waals surface area contributed by atoms with Gasteiger partial charge >= 0.3 is 0 Å². The number of nitrogens with two attached hydrogens (primary N) is 1. The monoisotopic (exact) mass is 312 g/mol. The second kappa shape index (κ2) is 5.28. The lowest BCUT2D eigenvalue weighted by Gasteiger charge is -2.19. The molecule has 1 aromatic heterocycles. The summed E-state index contributed by atoms with van der Waals surface area (Å²) in [7, 11) is -2.02. The van der Waals surface area contributed by atoms with E-state index < -0.39 is 10.0 Å². The molecule has 0 saturated heterocycles. The van der Waals surface area contributed by atoms with E-state index in [4.69, 9.17) is 18.0 Å². The fraction of sp³-hybridized carbons (Fsp3) is 0.0833. The van der Waals surface area contributed by atoms with Gasteiger partial charge in [0.2, 0.25) is 0 Å². The first-order valence-electron chi connectivity index (χ1n) is 5.35. The highest BCUT2D eigenvalue weighted by Gasteiger charge is 2.22. The van der Waals surface area contributed by atoms with Gasteiger partial charge in [-0.3, -0.25) is 4.31 Å². The zero-order valence-corrected chi connectivity index (χ0v) is 12.6. The first-order valence-corrected chi connectivity index (χ1v) is 8.08. The van der Waals surface area contributed by atoms with E-state index in [-0.39, 0.29) is 4.99 Å². The lowest BCUT2D eigenvalue weighted by Crippen LogP contribution is -2.26. The molecule has 0 radical (unpaired) electrons. The summed E-state index contributed by atoms with van der Waals surface area (Å²) in [6.45, 7) is 0. The Bertz CT molecular complexity index is 694. The Morgan fingerprint density at radius 1 is 1.32 bits per heavy atom. The Morgan fingerprint density at radius 3 is 2.63 bits per heavy atom. The number of hydrogen-bond donors (Lipinski definition) is 1. The zero-order chi connectivity index (χ0) is 14.0. The molecular formula is C12H12N2O2S3. The van der Waals surface area contributed by atoms with Crippen LogP contribution < -0.4 is 10.0 Å². The molecular weight excluding hydrogens is 300 g/mol. The fourth-order valence-electron chi connectivity index (χ4n) is 1.54. The molecule has 2 N–H and O–H groups in total. The van der Waals surface area contributed by atoms with Crippen molar-refractivity contribution < 1.29 is 8.42 Å². The third kappa shape index (κ3) is 2.78. The number of hydrogen-bond acceptors (Lipinski definition) is 4. The number of thiocarbonyl (C=S) groups is 1. The molecule has 0 aliphatic carbocycles. The lowest BCUT2D eigenvalue weighted by atomic mass is 10.2. The van der Waals surface area contributed by atoms with E-state index in [1.165, 1.54) is 22.7 Å². The number of sulfonamides is 1. The molecule has 1 heterocycles. The average molecular weight is 312 g/mol. The van der Waals surface area contributed by atoms with Gasteiger partial charge in [-0.05, 0) is 23.6 Å². The first kappa shape index (κ1) is 14.0. The molecule has 4 nitrogen and oxygen atoms in total. The van der Waals surface area contributed by atoms with Gasteiger partial charge in [0.05, 0.1) is 5.69 Å².